The zero-order valence-electron chi connectivity index (χ0n) is 20.3. The zero-order valence-corrected chi connectivity index (χ0v) is 21.1. The summed E-state index contributed by atoms with van der Waals surface area (Å²) in [6, 6.07) is 5.99. The van der Waals surface area contributed by atoms with Gasteiger partial charge in [0.1, 0.15) is 11.3 Å². The van der Waals surface area contributed by atoms with Crippen LogP contribution in [-0.4, -0.2) is 92.1 Å². The van der Waals surface area contributed by atoms with Crippen LogP contribution in [0.4, 0.5) is 4.79 Å². The zero-order chi connectivity index (χ0) is 24.6. The molecule has 1 unspecified atom stereocenters. The number of ketones is 1. The van der Waals surface area contributed by atoms with Crippen LogP contribution in [0.3, 0.4) is 0 Å². The lowest BCUT2D eigenvalue weighted by molar-refractivity contribution is -0.115. The molecule has 33 heavy (non-hydrogen) atoms. The van der Waals surface area contributed by atoms with E-state index >= 15 is 0 Å². The Hall–Kier alpha value is -2.01. The molecule has 0 aliphatic carbocycles. The largest absolute Gasteiger partial charge is 0.444 e. The minimum Gasteiger partial charge on any atom is -0.444 e. The highest BCUT2D eigenvalue weighted by atomic mass is 32.2. The lowest BCUT2D eigenvalue weighted by Gasteiger charge is -2.43. The summed E-state index contributed by atoms with van der Waals surface area (Å²) < 4.78 is 40.6. The number of benzene rings is 1. The number of hydrogen-bond acceptors (Lipinski definition) is 7. The number of Topliss-reactive ketones (excluding diaryl/α,β-unsaturated/α-hetero) is 1. The molecular weight excluding hydrogens is 446 g/mol. The van der Waals surface area contributed by atoms with Crippen LogP contribution in [0, 0.1) is 0 Å². The number of rotatable bonds is 5. The second-order valence-corrected chi connectivity index (χ2v) is 11.9. The van der Waals surface area contributed by atoms with Crippen LogP contribution in [0.25, 0.3) is 0 Å². The number of amides is 1. The molecule has 1 atom stereocenters. The van der Waals surface area contributed by atoms with Gasteiger partial charge in [-0.15, -0.1) is 0 Å². The Kier molecular flexibility index (Phi) is 7.24. The van der Waals surface area contributed by atoms with Gasteiger partial charge in [0.25, 0.3) is 0 Å². The van der Waals surface area contributed by atoms with E-state index in [1.165, 1.54) is 35.5 Å². The van der Waals surface area contributed by atoms with Crippen molar-refractivity contribution in [3.8, 4) is 0 Å². The van der Waals surface area contributed by atoms with Crippen molar-refractivity contribution in [3.63, 3.8) is 0 Å². The third kappa shape index (κ3) is 5.74. The van der Waals surface area contributed by atoms with E-state index in [-0.39, 0.29) is 23.3 Å². The van der Waals surface area contributed by atoms with Crippen LogP contribution in [0.5, 0.6) is 0 Å². The molecule has 2 aliphatic heterocycles. The van der Waals surface area contributed by atoms with Crippen molar-refractivity contribution < 1.29 is 27.5 Å². The highest BCUT2D eigenvalue weighted by Gasteiger charge is 2.54. The highest BCUT2D eigenvalue weighted by molar-refractivity contribution is 7.89. The number of piperidine rings is 1. The lowest BCUT2D eigenvalue weighted by atomic mass is 10.0. The van der Waals surface area contributed by atoms with Crippen LogP contribution in [0.2, 0.25) is 0 Å². The summed E-state index contributed by atoms with van der Waals surface area (Å²) in [6.07, 6.45) is -0.00393. The van der Waals surface area contributed by atoms with Gasteiger partial charge in [-0.3, -0.25) is 4.79 Å². The molecule has 2 saturated heterocycles. The molecular formula is C23H35N3O6S. The fourth-order valence-corrected chi connectivity index (χ4v) is 6.06. The van der Waals surface area contributed by atoms with Crippen molar-refractivity contribution in [2.75, 3.05) is 40.3 Å². The first kappa shape index (κ1) is 25.6. The average molecular weight is 482 g/mol. The summed E-state index contributed by atoms with van der Waals surface area (Å²) in [5.41, 5.74) is -1.18. The molecule has 1 amide bonds. The monoisotopic (exact) mass is 481 g/mol. The number of carbonyl (C=O) groups is 2. The molecule has 0 aromatic heterocycles. The number of nitrogens with zero attached hydrogens (tertiary/aromatic N) is 3. The summed E-state index contributed by atoms with van der Waals surface area (Å²) in [6.45, 7) is 8.35. The molecule has 2 fully saturated rings. The molecule has 2 aliphatic rings. The van der Waals surface area contributed by atoms with Crippen molar-refractivity contribution in [2.45, 2.75) is 62.9 Å². The number of likely N-dealkylation sites (N-methyl/N-ethyl adjacent to an activating group) is 1. The van der Waals surface area contributed by atoms with E-state index in [0.29, 0.717) is 38.0 Å². The van der Waals surface area contributed by atoms with Gasteiger partial charge in [0.15, 0.2) is 5.78 Å². The van der Waals surface area contributed by atoms with E-state index < -0.39 is 27.4 Å². The van der Waals surface area contributed by atoms with Gasteiger partial charge in [-0.25, -0.2) is 13.2 Å². The Morgan fingerprint density at radius 2 is 1.73 bits per heavy atom. The van der Waals surface area contributed by atoms with E-state index in [4.69, 9.17) is 9.47 Å². The van der Waals surface area contributed by atoms with Gasteiger partial charge in [-0.05, 0) is 53.9 Å². The van der Waals surface area contributed by atoms with Gasteiger partial charge in [0, 0.05) is 44.6 Å². The number of sulfonamides is 1. The van der Waals surface area contributed by atoms with Gasteiger partial charge in [-0.1, -0.05) is 12.1 Å². The van der Waals surface area contributed by atoms with E-state index in [1.54, 1.807) is 4.90 Å². The number of carbonyl (C=O) groups excluding carboxylic acids is 2. The smallest absolute Gasteiger partial charge is 0.410 e. The maximum Gasteiger partial charge on any atom is 0.410 e. The third-order valence-electron chi connectivity index (χ3n) is 5.82. The molecule has 0 N–H and O–H groups in total. The molecule has 184 valence electrons. The Morgan fingerprint density at radius 3 is 2.21 bits per heavy atom. The van der Waals surface area contributed by atoms with E-state index in [9.17, 15) is 18.0 Å². The topological polar surface area (TPSA) is 96.5 Å². The van der Waals surface area contributed by atoms with Crippen LogP contribution in [-0.2, 0) is 19.5 Å². The minimum atomic E-state index is -3.88. The van der Waals surface area contributed by atoms with Crippen molar-refractivity contribution in [3.05, 3.63) is 29.8 Å². The molecule has 3 rings (SSSR count). The maximum absolute atomic E-state index is 13.7. The predicted octanol–water partition coefficient (Wildman–Crippen LogP) is 2.57. The third-order valence-corrected chi connectivity index (χ3v) is 7.75. The first-order valence-corrected chi connectivity index (χ1v) is 12.6. The fourth-order valence-electron chi connectivity index (χ4n) is 4.30. The molecule has 0 saturated carbocycles. The van der Waals surface area contributed by atoms with Gasteiger partial charge in [0.2, 0.25) is 10.0 Å². The van der Waals surface area contributed by atoms with Crippen molar-refractivity contribution in [1.82, 2.24) is 14.1 Å². The molecule has 0 radical (unpaired) electrons. The second kappa shape index (κ2) is 9.32. The Bertz CT molecular complexity index is 976. The number of likely N-dealkylation sites (tertiary alicyclic amines) is 1. The van der Waals surface area contributed by atoms with Gasteiger partial charge in [-0.2, -0.15) is 4.31 Å². The van der Waals surface area contributed by atoms with Gasteiger partial charge >= 0.3 is 6.09 Å². The fraction of sp³-hybridized carbons (Fsp3) is 0.652. The first-order chi connectivity index (χ1) is 15.2. The number of hydrogen-bond donors (Lipinski definition) is 0. The average Bonchev–Trinajstić information content (AvgIpc) is 3.04. The lowest BCUT2D eigenvalue weighted by Crippen LogP contribution is -2.56. The van der Waals surface area contributed by atoms with Crippen molar-refractivity contribution in [1.29, 1.82) is 0 Å². The van der Waals surface area contributed by atoms with Crippen molar-refractivity contribution in [2.24, 2.45) is 0 Å². The Balaban J connectivity index is 1.86. The SMILES string of the molecule is CC(=O)c1ccc(S(=O)(=O)N2CC(CN(C)C)OC23CCN(C(=O)OC(C)(C)C)CC3)cc1. The second-order valence-electron chi connectivity index (χ2n) is 10.0. The van der Waals surface area contributed by atoms with E-state index in [2.05, 4.69) is 0 Å². The summed E-state index contributed by atoms with van der Waals surface area (Å²) >= 11 is 0. The van der Waals surface area contributed by atoms with E-state index in [0.717, 1.165) is 0 Å². The Labute approximate surface area is 196 Å². The maximum atomic E-state index is 13.7. The summed E-state index contributed by atoms with van der Waals surface area (Å²) in [5, 5.41) is 0. The molecule has 2 heterocycles. The molecule has 1 spiro atoms. The summed E-state index contributed by atoms with van der Waals surface area (Å²) in [4.78, 5) is 27.8. The molecule has 0 bridgehead atoms. The van der Waals surface area contributed by atoms with Crippen molar-refractivity contribution >= 4 is 21.9 Å². The van der Waals surface area contributed by atoms with Gasteiger partial charge in [0.05, 0.1) is 11.0 Å². The molecule has 1 aromatic rings. The minimum absolute atomic E-state index is 0.121. The summed E-state index contributed by atoms with van der Waals surface area (Å²) in [5.74, 6) is -0.125. The molecule has 1 aromatic carbocycles. The quantitative estimate of drug-likeness (QED) is 0.597. The standard InChI is InChI=1S/C23H35N3O6S/c1-17(27)18-7-9-20(10-8-18)33(29,30)26-16-19(15-24(5)6)31-23(26)11-13-25(14-12-23)21(28)32-22(2,3)4/h7-10,19H,11-16H2,1-6H3. The molecule has 9 nitrogen and oxygen atoms in total. The van der Waals surface area contributed by atoms with Gasteiger partial charge < -0.3 is 19.3 Å². The van der Waals surface area contributed by atoms with E-state index in [1.807, 2.05) is 39.8 Å². The normalized spacial score (nSPS) is 21.5. The van der Waals surface area contributed by atoms with Crippen LogP contribution in [0.1, 0.15) is 50.9 Å². The van der Waals surface area contributed by atoms with Crippen LogP contribution >= 0.6 is 0 Å². The summed E-state index contributed by atoms with van der Waals surface area (Å²) in [7, 11) is -0.0497. The molecule has 10 heteroatoms. The first-order valence-electron chi connectivity index (χ1n) is 11.2. The highest BCUT2D eigenvalue weighted by Crippen LogP contribution is 2.41. The van der Waals surface area contributed by atoms with Crippen LogP contribution in [0.15, 0.2) is 29.2 Å². The van der Waals surface area contributed by atoms with Crippen LogP contribution < -0.4 is 0 Å². The predicted molar refractivity (Wildman–Crippen MR) is 124 cm³/mol. The number of ether oxygens (including phenoxy) is 2. The Morgan fingerprint density at radius 1 is 1.15 bits per heavy atom.